The molecule has 170 valence electrons. The molecule has 0 atom stereocenters. The van der Waals surface area contributed by atoms with Crippen LogP contribution in [0.2, 0.25) is 5.02 Å². The first-order chi connectivity index (χ1) is 16.0. The Hall–Kier alpha value is -3.78. The largest absolute Gasteiger partial charge is 0.495 e. The van der Waals surface area contributed by atoms with E-state index in [0.29, 0.717) is 35.3 Å². The number of nitrogens with one attached hydrogen (secondary N) is 2. The minimum atomic E-state index is -0.385. The summed E-state index contributed by atoms with van der Waals surface area (Å²) < 4.78 is 12.5. The van der Waals surface area contributed by atoms with Crippen LogP contribution >= 0.6 is 11.6 Å². The average Bonchev–Trinajstić information content (AvgIpc) is 3.18. The maximum Gasteiger partial charge on any atom is 0.319 e. The van der Waals surface area contributed by atoms with Crippen LogP contribution in [0, 0.1) is 6.92 Å². The lowest BCUT2D eigenvalue weighted by Crippen LogP contribution is -2.31. The number of hydrogen-bond donors (Lipinski definition) is 2. The molecule has 2 heterocycles. The Balaban J connectivity index is 1.49. The summed E-state index contributed by atoms with van der Waals surface area (Å²) in [4.78, 5) is 21.8. The summed E-state index contributed by atoms with van der Waals surface area (Å²) in [5.41, 5.74) is 4.16. The minimum absolute atomic E-state index is 0.360. The number of anilines is 1. The van der Waals surface area contributed by atoms with Crippen molar-refractivity contribution in [3.63, 3.8) is 0 Å². The SMILES string of the molecule is COc1cc(OC)c(NC(=O)NCCn2c(-c3ccc(C)cc3)nc3cccnc32)cc1Cl. The van der Waals surface area contributed by atoms with Gasteiger partial charge in [-0.15, -0.1) is 0 Å². The number of hydrogen-bond acceptors (Lipinski definition) is 5. The van der Waals surface area contributed by atoms with Gasteiger partial charge in [-0.25, -0.2) is 14.8 Å². The fraction of sp³-hybridized carbons (Fsp3) is 0.208. The smallest absolute Gasteiger partial charge is 0.319 e. The van der Waals surface area contributed by atoms with Crippen molar-refractivity contribution in [2.45, 2.75) is 13.5 Å². The maximum absolute atomic E-state index is 12.5. The standard InChI is InChI=1S/C24H24ClN5O3/c1-15-6-8-16(9-7-15)22-28-18-5-4-10-26-23(18)30(22)12-11-27-24(31)29-19-13-17(25)20(32-2)14-21(19)33-3/h4-10,13-14H,11-12H2,1-3H3,(H2,27,29,31). The number of halogens is 1. The van der Waals surface area contributed by atoms with Gasteiger partial charge in [0, 0.05) is 30.9 Å². The summed E-state index contributed by atoms with van der Waals surface area (Å²) >= 11 is 6.19. The molecule has 4 aromatic rings. The topological polar surface area (TPSA) is 90.3 Å². The molecule has 2 N–H and O–H groups in total. The minimum Gasteiger partial charge on any atom is -0.495 e. The van der Waals surface area contributed by atoms with E-state index in [0.717, 1.165) is 22.6 Å². The van der Waals surface area contributed by atoms with Gasteiger partial charge in [0.1, 0.15) is 22.8 Å². The fourth-order valence-corrected chi connectivity index (χ4v) is 3.74. The highest BCUT2D eigenvalue weighted by Crippen LogP contribution is 2.35. The third kappa shape index (κ3) is 4.85. The molecule has 0 aliphatic carbocycles. The number of aryl methyl sites for hydroxylation is 1. The Labute approximate surface area is 196 Å². The van der Waals surface area contributed by atoms with E-state index >= 15 is 0 Å². The molecule has 0 radical (unpaired) electrons. The first kappa shape index (κ1) is 22.4. The van der Waals surface area contributed by atoms with Gasteiger partial charge in [-0.1, -0.05) is 41.4 Å². The van der Waals surface area contributed by atoms with Gasteiger partial charge >= 0.3 is 6.03 Å². The predicted octanol–water partition coefficient (Wildman–Crippen LogP) is 4.90. The van der Waals surface area contributed by atoms with Crippen LogP contribution in [-0.4, -0.2) is 41.3 Å². The zero-order chi connectivity index (χ0) is 23.4. The number of aromatic nitrogens is 3. The van der Waals surface area contributed by atoms with Crippen LogP contribution in [0.15, 0.2) is 54.7 Å². The summed E-state index contributed by atoms with van der Waals surface area (Å²) in [6.07, 6.45) is 1.74. The molecule has 2 amide bonds. The molecule has 0 fully saturated rings. The van der Waals surface area contributed by atoms with E-state index in [1.54, 1.807) is 18.3 Å². The normalized spacial score (nSPS) is 10.8. The van der Waals surface area contributed by atoms with Crippen molar-refractivity contribution in [2.75, 3.05) is 26.1 Å². The first-order valence-electron chi connectivity index (χ1n) is 10.3. The number of carbonyl (C=O) groups excluding carboxylic acids is 1. The molecule has 0 saturated heterocycles. The number of benzene rings is 2. The number of imidazole rings is 1. The number of pyridine rings is 1. The Morgan fingerprint density at radius 1 is 1.09 bits per heavy atom. The van der Waals surface area contributed by atoms with Crippen LogP contribution in [-0.2, 0) is 6.54 Å². The average molecular weight is 466 g/mol. The molecule has 0 aliphatic rings. The van der Waals surface area contributed by atoms with E-state index in [1.165, 1.54) is 19.8 Å². The third-order valence-electron chi connectivity index (χ3n) is 5.16. The molecule has 4 rings (SSSR count). The van der Waals surface area contributed by atoms with Crippen molar-refractivity contribution in [3.05, 3.63) is 65.3 Å². The molecule has 0 spiro atoms. The highest BCUT2D eigenvalue weighted by molar-refractivity contribution is 6.32. The number of ether oxygens (including phenoxy) is 2. The van der Waals surface area contributed by atoms with Crippen LogP contribution in [0.5, 0.6) is 11.5 Å². The Bertz CT molecular complexity index is 1290. The molecule has 8 nitrogen and oxygen atoms in total. The number of amides is 2. The lowest BCUT2D eigenvalue weighted by Gasteiger charge is -2.14. The van der Waals surface area contributed by atoms with E-state index in [4.69, 9.17) is 26.1 Å². The third-order valence-corrected chi connectivity index (χ3v) is 5.45. The fourth-order valence-electron chi connectivity index (χ4n) is 3.50. The molecular weight excluding hydrogens is 442 g/mol. The van der Waals surface area contributed by atoms with Crippen LogP contribution < -0.4 is 20.1 Å². The highest BCUT2D eigenvalue weighted by Gasteiger charge is 2.15. The lowest BCUT2D eigenvalue weighted by atomic mass is 10.1. The lowest BCUT2D eigenvalue weighted by molar-refractivity contribution is 0.251. The van der Waals surface area contributed by atoms with E-state index in [9.17, 15) is 4.79 Å². The quantitative estimate of drug-likeness (QED) is 0.405. The maximum atomic E-state index is 12.5. The number of fused-ring (bicyclic) bond motifs is 1. The van der Waals surface area contributed by atoms with Gasteiger partial charge in [-0.2, -0.15) is 0 Å². The van der Waals surface area contributed by atoms with Crippen molar-refractivity contribution in [1.29, 1.82) is 0 Å². The molecule has 9 heteroatoms. The van der Waals surface area contributed by atoms with Gasteiger partial charge in [0.2, 0.25) is 0 Å². The van der Waals surface area contributed by atoms with Gasteiger partial charge in [0.05, 0.1) is 24.9 Å². The second-order valence-corrected chi connectivity index (χ2v) is 7.77. The highest BCUT2D eigenvalue weighted by atomic mass is 35.5. The summed E-state index contributed by atoms with van der Waals surface area (Å²) in [7, 11) is 3.02. The van der Waals surface area contributed by atoms with Crippen LogP contribution in [0.3, 0.4) is 0 Å². The van der Waals surface area contributed by atoms with E-state index in [2.05, 4.69) is 15.6 Å². The Kier molecular flexibility index (Phi) is 6.65. The van der Waals surface area contributed by atoms with Crippen LogP contribution in [0.25, 0.3) is 22.6 Å². The van der Waals surface area contributed by atoms with Gasteiger partial charge in [0.25, 0.3) is 0 Å². The molecule has 0 saturated carbocycles. The predicted molar refractivity (Wildman–Crippen MR) is 129 cm³/mol. The monoisotopic (exact) mass is 465 g/mol. The summed E-state index contributed by atoms with van der Waals surface area (Å²) in [5.74, 6) is 1.70. The van der Waals surface area contributed by atoms with Crippen molar-refractivity contribution in [1.82, 2.24) is 19.9 Å². The molecule has 33 heavy (non-hydrogen) atoms. The summed E-state index contributed by atoms with van der Waals surface area (Å²) in [6, 6.07) is 14.8. The Morgan fingerprint density at radius 2 is 1.85 bits per heavy atom. The molecule has 0 unspecified atom stereocenters. The second-order valence-electron chi connectivity index (χ2n) is 7.37. The van der Waals surface area contributed by atoms with Crippen LogP contribution in [0.4, 0.5) is 10.5 Å². The van der Waals surface area contributed by atoms with Gasteiger partial charge in [-0.05, 0) is 25.1 Å². The van der Waals surface area contributed by atoms with Crippen molar-refractivity contribution in [2.24, 2.45) is 0 Å². The number of urea groups is 1. The molecule has 2 aromatic heterocycles. The first-order valence-corrected chi connectivity index (χ1v) is 10.7. The molecular formula is C24H24ClN5O3. The zero-order valence-corrected chi connectivity index (χ0v) is 19.3. The number of rotatable bonds is 7. The van der Waals surface area contributed by atoms with Gasteiger partial charge in [-0.3, -0.25) is 0 Å². The summed E-state index contributed by atoms with van der Waals surface area (Å²) in [6.45, 7) is 2.89. The van der Waals surface area contributed by atoms with Gasteiger partial charge in [0.15, 0.2) is 5.65 Å². The molecule has 2 aromatic carbocycles. The van der Waals surface area contributed by atoms with Crippen molar-refractivity contribution < 1.29 is 14.3 Å². The zero-order valence-electron chi connectivity index (χ0n) is 18.6. The van der Waals surface area contributed by atoms with Crippen molar-refractivity contribution >= 4 is 34.5 Å². The number of nitrogens with zero attached hydrogens (tertiary/aromatic N) is 3. The number of methoxy groups -OCH3 is 2. The Morgan fingerprint density at radius 3 is 2.58 bits per heavy atom. The molecule has 0 bridgehead atoms. The van der Waals surface area contributed by atoms with E-state index in [1.807, 2.05) is 47.9 Å². The van der Waals surface area contributed by atoms with E-state index in [-0.39, 0.29) is 6.03 Å². The van der Waals surface area contributed by atoms with E-state index < -0.39 is 0 Å². The van der Waals surface area contributed by atoms with Gasteiger partial charge < -0.3 is 24.7 Å². The molecule has 0 aliphatic heterocycles. The summed E-state index contributed by atoms with van der Waals surface area (Å²) in [5, 5.41) is 6.00. The van der Waals surface area contributed by atoms with Crippen LogP contribution in [0.1, 0.15) is 5.56 Å². The second kappa shape index (κ2) is 9.79. The number of carbonyl (C=O) groups is 1. The van der Waals surface area contributed by atoms with Crippen molar-refractivity contribution in [3.8, 4) is 22.9 Å².